The molecule has 0 aliphatic rings. The van der Waals surface area contributed by atoms with E-state index in [9.17, 15) is 0 Å². The highest BCUT2D eigenvalue weighted by molar-refractivity contribution is 6.18. The van der Waals surface area contributed by atoms with E-state index in [0.29, 0.717) is 24.4 Å². The van der Waals surface area contributed by atoms with E-state index in [1.54, 1.807) is 0 Å². The predicted octanol–water partition coefficient (Wildman–Crippen LogP) is 2.72. The van der Waals surface area contributed by atoms with Crippen LogP contribution >= 0.6 is 11.6 Å². The lowest BCUT2D eigenvalue weighted by Gasteiger charge is -2.26. The summed E-state index contributed by atoms with van der Waals surface area (Å²) < 4.78 is 5.49. The molecule has 0 fully saturated rings. The monoisotopic (exact) mass is 257 g/mol. The molecule has 0 aliphatic carbocycles. The predicted molar refractivity (Wildman–Crippen MR) is 71.0 cm³/mol. The molecular formula is C12H20ClN3O. The molecule has 1 aromatic rings. The van der Waals surface area contributed by atoms with E-state index in [-0.39, 0.29) is 0 Å². The van der Waals surface area contributed by atoms with Gasteiger partial charge in [-0.05, 0) is 20.3 Å². The van der Waals surface area contributed by atoms with Crippen molar-refractivity contribution in [1.29, 1.82) is 0 Å². The third kappa shape index (κ3) is 4.38. The topological polar surface area (TPSA) is 38.2 Å². The number of aromatic nitrogens is 2. The Morgan fingerprint density at radius 1 is 1.41 bits per heavy atom. The zero-order valence-corrected chi connectivity index (χ0v) is 11.4. The Morgan fingerprint density at radius 3 is 2.76 bits per heavy atom. The summed E-state index contributed by atoms with van der Waals surface area (Å²) in [6, 6.07) is 2.21. The molecule has 0 aromatic carbocycles. The SMILES string of the molecule is CCCOc1cc(N(CCCl)C(C)C)ncn1. The van der Waals surface area contributed by atoms with Gasteiger partial charge in [0.05, 0.1) is 6.61 Å². The summed E-state index contributed by atoms with van der Waals surface area (Å²) >= 11 is 5.80. The number of alkyl halides is 1. The van der Waals surface area contributed by atoms with E-state index in [2.05, 4.69) is 35.6 Å². The number of anilines is 1. The van der Waals surface area contributed by atoms with Gasteiger partial charge in [0.2, 0.25) is 5.88 Å². The van der Waals surface area contributed by atoms with Crippen molar-refractivity contribution in [3.05, 3.63) is 12.4 Å². The molecule has 4 nitrogen and oxygen atoms in total. The van der Waals surface area contributed by atoms with Crippen LogP contribution in [-0.4, -0.2) is 35.0 Å². The van der Waals surface area contributed by atoms with E-state index in [0.717, 1.165) is 18.8 Å². The Labute approximate surface area is 108 Å². The first-order valence-corrected chi connectivity index (χ1v) is 6.50. The number of rotatable bonds is 7. The summed E-state index contributed by atoms with van der Waals surface area (Å²) in [5.41, 5.74) is 0. The molecule has 1 heterocycles. The van der Waals surface area contributed by atoms with Gasteiger partial charge in [-0.2, -0.15) is 0 Å². The maximum absolute atomic E-state index is 5.80. The molecule has 0 bridgehead atoms. The highest BCUT2D eigenvalue weighted by Crippen LogP contribution is 2.18. The average Bonchev–Trinajstić information content (AvgIpc) is 2.33. The molecule has 0 atom stereocenters. The quantitative estimate of drug-likeness (QED) is 0.704. The summed E-state index contributed by atoms with van der Waals surface area (Å²) in [7, 11) is 0. The van der Waals surface area contributed by atoms with Crippen molar-refractivity contribution >= 4 is 17.4 Å². The van der Waals surface area contributed by atoms with E-state index >= 15 is 0 Å². The number of nitrogens with zero attached hydrogens (tertiary/aromatic N) is 3. The van der Waals surface area contributed by atoms with Gasteiger partial charge in [0.1, 0.15) is 12.1 Å². The molecule has 0 aliphatic heterocycles. The van der Waals surface area contributed by atoms with E-state index < -0.39 is 0 Å². The summed E-state index contributed by atoms with van der Waals surface area (Å²) in [5, 5.41) is 0. The number of hydrogen-bond donors (Lipinski definition) is 0. The van der Waals surface area contributed by atoms with Crippen LogP contribution < -0.4 is 9.64 Å². The van der Waals surface area contributed by atoms with Gasteiger partial charge in [0, 0.05) is 24.5 Å². The highest BCUT2D eigenvalue weighted by atomic mass is 35.5. The van der Waals surface area contributed by atoms with Crippen LogP contribution in [0.3, 0.4) is 0 Å². The first-order chi connectivity index (χ1) is 8.19. The maximum Gasteiger partial charge on any atom is 0.218 e. The first-order valence-electron chi connectivity index (χ1n) is 5.96. The van der Waals surface area contributed by atoms with Gasteiger partial charge < -0.3 is 9.64 Å². The zero-order chi connectivity index (χ0) is 12.7. The standard InChI is InChI=1S/C12H20ClN3O/c1-4-7-17-12-8-11(14-9-15-12)16(6-5-13)10(2)3/h8-10H,4-7H2,1-3H3. The second-order valence-corrected chi connectivity index (χ2v) is 4.42. The summed E-state index contributed by atoms with van der Waals surface area (Å²) in [5.74, 6) is 2.06. The third-order valence-corrected chi connectivity index (χ3v) is 2.49. The van der Waals surface area contributed by atoms with Crippen molar-refractivity contribution in [3.8, 4) is 5.88 Å². The van der Waals surface area contributed by atoms with Crippen LogP contribution in [0.1, 0.15) is 27.2 Å². The minimum absolute atomic E-state index is 0.350. The minimum atomic E-state index is 0.350. The van der Waals surface area contributed by atoms with Crippen molar-refractivity contribution < 1.29 is 4.74 Å². The Hall–Kier alpha value is -1.03. The number of ether oxygens (including phenoxy) is 1. The molecule has 1 rings (SSSR count). The van der Waals surface area contributed by atoms with Crippen LogP contribution in [0.2, 0.25) is 0 Å². The van der Waals surface area contributed by atoms with Gasteiger partial charge in [-0.25, -0.2) is 9.97 Å². The van der Waals surface area contributed by atoms with Crippen molar-refractivity contribution in [3.63, 3.8) is 0 Å². The molecule has 0 saturated carbocycles. The van der Waals surface area contributed by atoms with Crippen LogP contribution in [0, 0.1) is 0 Å². The summed E-state index contributed by atoms with van der Waals surface area (Å²) in [6.07, 6.45) is 2.50. The largest absolute Gasteiger partial charge is 0.478 e. The molecule has 0 N–H and O–H groups in total. The van der Waals surface area contributed by atoms with Crippen LogP contribution in [0.5, 0.6) is 5.88 Å². The summed E-state index contributed by atoms with van der Waals surface area (Å²) in [4.78, 5) is 10.5. The molecule has 17 heavy (non-hydrogen) atoms. The summed E-state index contributed by atoms with van der Waals surface area (Å²) in [6.45, 7) is 7.73. The Kier molecular flexibility index (Phi) is 6.05. The van der Waals surface area contributed by atoms with Crippen LogP contribution in [0.25, 0.3) is 0 Å². The van der Waals surface area contributed by atoms with Gasteiger partial charge in [-0.15, -0.1) is 11.6 Å². The smallest absolute Gasteiger partial charge is 0.218 e. The molecule has 0 saturated heterocycles. The Morgan fingerprint density at radius 2 is 2.18 bits per heavy atom. The fourth-order valence-corrected chi connectivity index (χ4v) is 1.68. The Balaban J connectivity index is 2.80. The second kappa shape index (κ2) is 7.33. The van der Waals surface area contributed by atoms with Gasteiger partial charge in [0.15, 0.2) is 0 Å². The van der Waals surface area contributed by atoms with E-state index in [1.165, 1.54) is 6.33 Å². The number of halogens is 1. The fourth-order valence-electron chi connectivity index (χ4n) is 1.50. The lowest BCUT2D eigenvalue weighted by molar-refractivity contribution is 0.304. The van der Waals surface area contributed by atoms with Gasteiger partial charge in [0.25, 0.3) is 0 Å². The maximum atomic E-state index is 5.80. The van der Waals surface area contributed by atoms with Crippen molar-refractivity contribution in [2.45, 2.75) is 33.2 Å². The molecule has 5 heteroatoms. The highest BCUT2D eigenvalue weighted by Gasteiger charge is 2.12. The van der Waals surface area contributed by atoms with Crippen LogP contribution in [0.4, 0.5) is 5.82 Å². The molecule has 0 radical (unpaired) electrons. The lowest BCUT2D eigenvalue weighted by atomic mass is 10.3. The van der Waals surface area contributed by atoms with Gasteiger partial charge >= 0.3 is 0 Å². The number of hydrogen-bond acceptors (Lipinski definition) is 4. The molecule has 1 aromatic heterocycles. The van der Waals surface area contributed by atoms with E-state index in [1.807, 2.05) is 6.07 Å². The first kappa shape index (κ1) is 14.0. The molecule has 0 amide bonds. The fraction of sp³-hybridized carbons (Fsp3) is 0.667. The molecule has 0 unspecified atom stereocenters. The second-order valence-electron chi connectivity index (χ2n) is 4.04. The molecule has 0 spiro atoms. The van der Waals surface area contributed by atoms with Gasteiger partial charge in [-0.1, -0.05) is 6.92 Å². The zero-order valence-electron chi connectivity index (χ0n) is 10.7. The van der Waals surface area contributed by atoms with Crippen LogP contribution in [-0.2, 0) is 0 Å². The van der Waals surface area contributed by atoms with Crippen molar-refractivity contribution in [2.24, 2.45) is 0 Å². The Bertz CT molecular complexity index is 333. The normalized spacial score (nSPS) is 10.6. The molecule has 96 valence electrons. The van der Waals surface area contributed by atoms with Crippen molar-refractivity contribution in [1.82, 2.24) is 9.97 Å². The lowest BCUT2D eigenvalue weighted by Crippen LogP contribution is -2.33. The van der Waals surface area contributed by atoms with Gasteiger partial charge in [-0.3, -0.25) is 0 Å². The minimum Gasteiger partial charge on any atom is -0.478 e. The third-order valence-electron chi connectivity index (χ3n) is 2.32. The van der Waals surface area contributed by atoms with Crippen LogP contribution in [0.15, 0.2) is 12.4 Å². The van der Waals surface area contributed by atoms with Crippen molar-refractivity contribution in [2.75, 3.05) is 23.9 Å². The van der Waals surface area contributed by atoms with E-state index in [4.69, 9.17) is 16.3 Å². The average molecular weight is 258 g/mol. The molecular weight excluding hydrogens is 238 g/mol.